The maximum absolute atomic E-state index is 5.43. The molecule has 2 aromatic carbocycles. The highest BCUT2D eigenvalue weighted by molar-refractivity contribution is 7.71. The first-order valence-electron chi connectivity index (χ1n) is 6.90. The van der Waals surface area contributed by atoms with E-state index in [0.29, 0.717) is 11.3 Å². The van der Waals surface area contributed by atoms with Crippen molar-refractivity contribution in [2.24, 2.45) is 0 Å². The highest BCUT2D eigenvalue weighted by atomic mass is 32.1. The van der Waals surface area contributed by atoms with Crippen LogP contribution in [0, 0.1) is 4.77 Å². The molecule has 0 atom stereocenters. The quantitative estimate of drug-likeness (QED) is 0.753. The monoisotopic (exact) mass is 311 g/mol. The van der Waals surface area contributed by atoms with E-state index >= 15 is 0 Å². The van der Waals surface area contributed by atoms with E-state index < -0.39 is 0 Å². The number of rotatable bonds is 3. The molecule has 4 rings (SSSR count). The van der Waals surface area contributed by atoms with Crippen LogP contribution < -0.4 is 9.47 Å². The fraction of sp³-hybridized carbons (Fsp3) is 0.125. The molecule has 0 spiro atoms. The summed E-state index contributed by atoms with van der Waals surface area (Å²) in [7, 11) is 0. The minimum atomic E-state index is 0.260. The molecule has 0 aliphatic carbocycles. The van der Waals surface area contributed by atoms with Crippen LogP contribution in [-0.4, -0.2) is 21.6 Å². The molecule has 1 N–H and O–H groups in total. The molecular formula is C16H13N3O2S. The van der Waals surface area contributed by atoms with E-state index in [1.54, 1.807) is 0 Å². The number of ether oxygens (including phenoxy) is 2. The lowest BCUT2D eigenvalue weighted by molar-refractivity contribution is 0.174. The number of nitrogens with zero attached hydrogens (tertiary/aromatic N) is 2. The molecule has 110 valence electrons. The number of hydrogen-bond donors (Lipinski definition) is 1. The van der Waals surface area contributed by atoms with Crippen molar-refractivity contribution >= 4 is 12.2 Å². The molecule has 0 saturated heterocycles. The fourth-order valence-corrected chi connectivity index (χ4v) is 2.68. The van der Waals surface area contributed by atoms with Gasteiger partial charge >= 0.3 is 0 Å². The van der Waals surface area contributed by atoms with Gasteiger partial charge in [-0.2, -0.15) is 5.10 Å². The Morgan fingerprint density at radius 3 is 2.77 bits per heavy atom. The molecule has 0 unspecified atom stereocenters. The summed E-state index contributed by atoms with van der Waals surface area (Å²) in [5.41, 5.74) is 2.11. The number of fused-ring (bicyclic) bond motifs is 1. The largest absolute Gasteiger partial charge is 0.454 e. The van der Waals surface area contributed by atoms with E-state index in [-0.39, 0.29) is 6.79 Å². The lowest BCUT2D eigenvalue weighted by atomic mass is 10.1. The van der Waals surface area contributed by atoms with Gasteiger partial charge in [0.1, 0.15) is 0 Å². The Balaban J connectivity index is 1.75. The van der Waals surface area contributed by atoms with Gasteiger partial charge in [-0.3, -0.25) is 9.67 Å². The van der Waals surface area contributed by atoms with Gasteiger partial charge in [0.15, 0.2) is 22.1 Å². The molecule has 3 aromatic rings. The Bertz CT molecular complexity index is 871. The third-order valence-electron chi connectivity index (χ3n) is 3.57. The van der Waals surface area contributed by atoms with Crippen LogP contribution in [0.2, 0.25) is 0 Å². The first-order chi connectivity index (χ1) is 10.8. The molecule has 2 heterocycles. The number of benzene rings is 2. The molecule has 1 aliphatic heterocycles. The second kappa shape index (κ2) is 5.31. The van der Waals surface area contributed by atoms with Crippen molar-refractivity contribution < 1.29 is 9.47 Å². The van der Waals surface area contributed by atoms with E-state index in [4.69, 9.17) is 21.7 Å². The minimum Gasteiger partial charge on any atom is -0.454 e. The maximum Gasteiger partial charge on any atom is 0.231 e. The van der Waals surface area contributed by atoms with Crippen LogP contribution >= 0.6 is 12.2 Å². The normalized spacial score (nSPS) is 12.5. The smallest absolute Gasteiger partial charge is 0.231 e. The van der Waals surface area contributed by atoms with E-state index in [1.807, 2.05) is 41.0 Å². The molecule has 1 aromatic heterocycles. The lowest BCUT2D eigenvalue weighted by Gasteiger charge is -2.07. The van der Waals surface area contributed by atoms with E-state index in [9.17, 15) is 0 Å². The van der Waals surface area contributed by atoms with E-state index in [2.05, 4.69) is 22.3 Å². The van der Waals surface area contributed by atoms with Gasteiger partial charge in [-0.05, 0) is 36.0 Å². The van der Waals surface area contributed by atoms with Crippen LogP contribution in [0.25, 0.3) is 11.4 Å². The van der Waals surface area contributed by atoms with Gasteiger partial charge < -0.3 is 9.47 Å². The number of aromatic amines is 1. The molecule has 0 fully saturated rings. The van der Waals surface area contributed by atoms with Gasteiger partial charge in [-0.1, -0.05) is 30.3 Å². The predicted molar refractivity (Wildman–Crippen MR) is 84.5 cm³/mol. The van der Waals surface area contributed by atoms with Gasteiger partial charge in [0.2, 0.25) is 6.79 Å². The summed E-state index contributed by atoms with van der Waals surface area (Å²) in [4.78, 5) is 0. The van der Waals surface area contributed by atoms with Crippen molar-refractivity contribution in [3.63, 3.8) is 0 Å². The van der Waals surface area contributed by atoms with Crippen LogP contribution in [0.3, 0.4) is 0 Å². The Hall–Kier alpha value is -2.60. The molecule has 6 heteroatoms. The Morgan fingerprint density at radius 2 is 1.91 bits per heavy atom. The average Bonchev–Trinajstić information content (AvgIpc) is 3.15. The minimum absolute atomic E-state index is 0.260. The highest BCUT2D eigenvalue weighted by Crippen LogP contribution is 2.35. The molecule has 1 aliphatic rings. The number of hydrogen-bond acceptors (Lipinski definition) is 4. The van der Waals surface area contributed by atoms with Crippen LogP contribution in [0.5, 0.6) is 11.5 Å². The predicted octanol–water partition coefficient (Wildman–Crippen LogP) is 3.38. The van der Waals surface area contributed by atoms with Gasteiger partial charge in [-0.15, -0.1) is 0 Å². The molecule has 5 nitrogen and oxygen atoms in total. The fourth-order valence-electron chi connectivity index (χ4n) is 2.49. The Kier molecular flexibility index (Phi) is 3.16. The standard InChI is InChI=1S/C16H13N3O2S/c22-16-18-17-15(19(16)9-11-4-2-1-3-5-11)12-6-7-13-14(8-12)21-10-20-13/h1-8H,9-10H2,(H,18,22). The molecule has 0 radical (unpaired) electrons. The lowest BCUT2D eigenvalue weighted by Crippen LogP contribution is -2.02. The zero-order valence-electron chi connectivity index (χ0n) is 11.7. The Labute approximate surface area is 132 Å². The maximum atomic E-state index is 5.43. The number of H-pyrrole nitrogens is 1. The average molecular weight is 311 g/mol. The van der Waals surface area contributed by atoms with Gasteiger partial charge in [0, 0.05) is 5.56 Å². The van der Waals surface area contributed by atoms with Gasteiger partial charge in [0.25, 0.3) is 0 Å². The van der Waals surface area contributed by atoms with Crippen LogP contribution in [0.15, 0.2) is 48.5 Å². The number of nitrogens with one attached hydrogen (secondary N) is 1. The van der Waals surface area contributed by atoms with Crippen molar-refractivity contribution in [1.82, 2.24) is 14.8 Å². The van der Waals surface area contributed by atoms with Gasteiger partial charge in [-0.25, -0.2) is 0 Å². The molecular weight excluding hydrogens is 298 g/mol. The topological polar surface area (TPSA) is 52.1 Å². The van der Waals surface area contributed by atoms with E-state index in [0.717, 1.165) is 22.9 Å². The summed E-state index contributed by atoms with van der Waals surface area (Å²) in [6.45, 7) is 0.926. The Morgan fingerprint density at radius 1 is 1.09 bits per heavy atom. The molecule has 22 heavy (non-hydrogen) atoms. The zero-order chi connectivity index (χ0) is 14.9. The summed E-state index contributed by atoms with van der Waals surface area (Å²) in [5, 5.41) is 7.22. The van der Waals surface area contributed by atoms with Crippen LogP contribution in [0.1, 0.15) is 5.56 Å². The first-order valence-corrected chi connectivity index (χ1v) is 7.31. The second-order valence-electron chi connectivity index (χ2n) is 4.99. The number of aromatic nitrogens is 3. The third-order valence-corrected chi connectivity index (χ3v) is 3.88. The second-order valence-corrected chi connectivity index (χ2v) is 5.38. The van der Waals surface area contributed by atoms with Crippen molar-refractivity contribution in [3.05, 3.63) is 58.9 Å². The van der Waals surface area contributed by atoms with Crippen molar-refractivity contribution in [2.45, 2.75) is 6.54 Å². The summed E-state index contributed by atoms with van der Waals surface area (Å²) >= 11 is 5.36. The summed E-state index contributed by atoms with van der Waals surface area (Å²) in [6.07, 6.45) is 0. The van der Waals surface area contributed by atoms with Crippen LogP contribution in [0.4, 0.5) is 0 Å². The first kappa shape index (κ1) is 13.1. The zero-order valence-corrected chi connectivity index (χ0v) is 12.5. The highest BCUT2D eigenvalue weighted by Gasteiger charge is 2.16. The summed E-state index contributed by atoms with van der Waals surface area (Å²) in [5.74, 6) is 2.28. The van der Waals surface area contributed by atoms with E-state index in [1.165, 1.54) is 5.56 Å². The summed E-state index contributed by atoms with van der Waals surface area (Å²) in [6, 6.07) is 15.9. The molecule has 0 bridgehead atoms. The van der Waals surface area contributed by atoms with Gasteiger partial charge in [0.05, 0.1) is 6.54 Å². The van der Waals surface area contributed by atoms with Crippen molar-refractivity contribution in [3.8, 4) is 22.9 Å². The van der Waals surface area contributed by atoms with Crippen LogP contribution in [-0.2, 0) is 6.54 Å². The van der Waals surface area contributed by atoms with Crippen molar-refractivity contribution in [2.75, 3.05) is 6.79 Å². The third kappa shape index (κ3) is 2.27. The summed E-state index contributed by atoms with van der Waals surface area (Å²) < 4.78 is 13.3. The SMILES string of the molecule is S=c1[nH]nc(-c2ccc3c(c2)OCO3)n1Cc1ccccc1. The molecule has 0 amide bonds. The van der Waals surface area contributed by atoms with Crippen molar-refractivity contribution in [1.29, 1.82) is 0 Å². The molecule has 0 saturated carbocycles.